The molecule has 148 valence electrons. The van der Waals surface area contributed by atoms with Crippen molar-refractivity contribution in [3.8, 4) is 5.75 Å². The van der Waals surface area contributed by atoms with Gasteiger partial charge in [-0.05, 0) is 56.2 Å². The number of ether oxygens (including phenoxy) is 1. The minimum atomic E-state index is 0.0625. The molecule has 1 aromatic carbocycles. The van der Waals surface area contributed by atoms with Crippen LogP contribution >= 0.6 is 0 Å². The van der Waals surface area contributed by atoms with Crippen LogP contribution in [0.15, 0.2) is 35.9 Å². The first-order chi connectivity index (χ1) is 13.2. The summed E-state index contributed by atoms with van der Waals surface area (Å²) in [6.45, 7) is 5.40. The number of methoxy groups -OCH3 is 1. The van der Waals surface area contributed by atoms with Crippen molar-refractivity contribution in [2.45, 2.75) is 38.5 Å². The standard InChI is InChI=1S/C22H33N3O2/c1-27-21-9-5-8-20(18-21)10-12-23-22(26)25-16-14-24(15-17-25)13-11-19-6-3-2-4-7-19/h5-6,8-9,18H,2-4,7,10-17H2,1H3,(H,23,26). The van der Waals surface area contributed by atoms with Gasteiger partial charge in [0.2, 0.25) is 0 Å². The van der Waals surface area contributed by atoms with E-state index in [9.17, 15) is 4.79 Å². The van der Waals surface area contributed by atoms with Crippen molar-refractivity contribution in [3.63, 3.8) is 0 Å². The van der Waals surface area contributed by atoms with Crippen molar-refractivity contribution in [3.05, 3.63) is 41.5 Å². The van der Waals surface area contributed by atoms with Gasteiger partial charge in [0, 0.05) is 39.3 Å². The van der Waals surface area contributed by atoms with E-state index >= 15 is 0 Å². The number of carbonyl (C=O) groups is 1. The molecule has 2 aliphatic rings. The van der Waals surface area contributed by atoms with Gasteiger partial charge in [-0.2, -0.15) is 0 Å². The summed E-state index contributed by atoms with van der Waals surface area (Å²) in [5, 5.41) is 3.06. The zero-order chi connectivity index (χ0) is 18.9. The lowest BCUT2D eigenvalue weighted by Crippen LogP contribution is -2.52. The molecule has 2 amide bonds. The summed E-state index contributed by atoms with van der Waals surface area (Å²) >= 11 is 0. The van der Waals surface area contributed by atoms with Crippen LogP contribution in [-0.2, 0) is 6.42 Å². The topological polar surface area (TPSA) is 44.8 Å². The van der Waals surface area contributed by atoms with Gasteiger partial charge in [0.25, 0.3) is 0 Å². The van der Waals surface area contributed by atoms with E-state index in [0.29, 0.717) is 6.54 Å². The number of amides is 2. The van der Waals surface area contributed by atoms with E-state index in [1.165, 1.54) is 37.7 Å². The highest BCUT2D eigenvalue weighted by molar-refractivity contribution is 5.74. The van der Waals surface area contributed by atoms with E-state index in [4.69, 9.17) is 4.74 Å². The Bertz CT molecular complexity index is 636. The van der Waals surface area contributed by atoms with Crippen molar-refractivity contribution < 1.29 is 9.53 Å². The fourth-order valence-electron chi connectivity index (χ4n) is 3.86. The molecule has 1 N–H and O–H groups in total. The van der Waals surface area contributed by atoms with E-state index in [2.05, 4.69) is 22.4 Å². The van der Waals surface area contributed by atoms with Gasteiger partial charge in [-0.15, -0.1) is 0 Å². The molecule has 1 fully saturated rings. The second-order valence-corrected chi connectivity index (χ2v) is 7.52. The Kier molecular flexibility index (Phi) is 7.57. The quantitative estimate of drug-likeness (QED) is 0.747. The van der Waals surface area contributed by atoms with Gasteiger partial charge in [-0.25, -0.2) is 4.79 Å². The molecule has 1 saturated heterocycles. The summed E-state index contributed by atoms with van der Waals surface area (Å²) in [7, 11) is 1.67. The minimum Gasteiger partial charge on any atom is -0.497 e. The van der Waals surface area contributed by atoms with Crippen molar-refractivity contribution >= 4 is 6.03 Å². The summed E-state index contributed by atoms with van der Waals surface area (Å²) in [4.78, 5) is 16.8. The third-order valence-corrected chi connectivity index (χ3v) is 5.62. The maximum Gasteiger partial charge on any atom is 0.317 e. The first kappa shape index (κ1) is 19.7. The number of urea groups is 1. The maximum atomic E-state index is 12.4. The Balaban J connectivity index is 1.32. The number of allylic oxidation sites excluding steroid dienone is 1. The zero-order valence-electron chi connectivity index (χ0n) is 16.6. The molecule has 1 heterocycles. The summed E-state index contributed by atoms with van der Waals surface area (Å²) in [5.41, 5.74) is 2.82. The molecule has 0 bridgehead atoms. The molecule has 5 nitrogen and oxygen atoms in total. The van der Waals surface area contributed by atoms with Gasteiger partial charge < -0.3 is 15.0 Å². The van der Waals surface area contributed by atoms with Gasteiger partial charge in [0.15, 0.2) is 0 Å². The smallest absolute Gasteiger partial charge is 0.317 e. The Morgan fingerprint density at radius 1 is 1.15 bits per heavy atom. The first-order valence-electron chi connectivity index (χ1n) is 10.3. The molecule has 27 heavy (non-hydrogen) atoms. The summed E-state index contributed by atoms with van der Waals surface area (Å²) < 4.78 is 5.24. The van der Waals surface area contributed by atoms with E-state index in [0.717, 1.165) is 44.9 Å². The SMILES string of the molecule is COc1cccc(CCNC(=O)N2CCN(CCC3=CCCCC3)CC2)c1. The van der Waals surface area contributed by atoms with E-state index in [-0.39, 0.29) is 6.03 Å². The Morgan fingerprint density at radius 2 is 2.00 bits per heavy atom. The highest BCUT2D eigenvalue weighted by Crippen LogP contribution is 2.20. The highest BCUT2D eigenvalue weighted by Gasteiger charge is 2.20. The predicted octanol–water partition coefficient (Wildman–Crippen LogP) is 3.46. The first-order valence-corrected chi connectivity index (χ1v) is 10.3. The Labute approximate surface area is 163 Å². The van der Waals surface area contributed by atoms with Gasteiger partial charge >= 0.3 is 6.03 Å². The second-order valence-electron chi connectivity index (χ2n) is 7.52. The summed E-state index contributed by atoms with van der Waals surface area (Å²) in [6, 6.07) is 8.07. The molecule has 0 unspecified atom stereocenters. The van der Waals surface area contributed by atoms with Crippen LogP contribution in [0.2, 0.25) is 0 Å². The van der Waals surface area contributed by atoms with Crippen molar-refractivity contribution in [2.75, 3.05) is 46.4 Å². The molecule has 1 aliphatic carbocycles. The average Bonchev–Trinajstić information content (AvgIpc) is 2.73. The number of benzene rings is 1. The van der Waals surface area contributed by atoms with Gasteiger partial charge in [0.05, 0.1) is 7.11 Å². The van der Waals surface area contributed by atoms with Gasteiger partial charge in [0.1, 0.15) is 5.75 Å². The van der Waals surface area contributed by atoms with Crippen molar-refractivity contribution in [1.29, 1.82) is 0 Å². The largest absolute Gasteiger partial charge is 0.497 e. The van der Waals surface area contributed by atoms with Crippen LogP contribution in [0.1, 0.15) is 37.7 Å². The third-order valence-electron chi connectivity index (χ3n) is 5.62. The fourth-order valence-corrected chi connectivity index (χ4v) is 3.86. The molecular weight excluding hydrogens is 338 g/mol. The van der Waals surface area contributed by atoms with E-state index < -0.39 is 0 Å². The molecule has 1 aliphatic heterocycles. The van der Waals surface area contributed by atoms with Crippen molar-refractivity contribution in [1.82, 2.24) is 15.1 Å². The molecule has 1 aromatic rings. The third kappa shape index (κ3) is 6.28. The average molecular weight is 372 g/mol. The highest BCUT2D eigenvalue weighted by atomic mass is 16.5. The van der Waals surface area contributed by atoms with E-state index in [1.54, 1.807) is 12.7 Å². The number of piperazine rings is 1. The molecule has 0 spiro atoms. The molecule has 5 heteroatoms. The Morgan fingerprint density at radius 3 is 2.74 bits per heavy atom. The van der Waals surface area contributed by atoms with Crippen LogP contribution in [0, 0.1) is 0 Å². The number of carbonyl (C=O) groups excluding carboxylic acids is 1. The van der Waals surface area contributed by atoms with Crippen LogP contribution in [0.5, 0.6) is 5.75 Å². The predicted molar refractivity (Wildman–Crippen MR) is 109 cm³/mol. The molecular formula is C22H33N3O2. The zero-order valence-corrected chi connectivity index (χ0v) is 16.6. The maximum absolute atomic E-state index is 12.4. The van der Waals surface area contributed by atoms with Crippen LogP contribution in [0.4, 0.5) is 4.79 Å². The fraction of sp³-hybridized carbons (Fsp3) is 0.591. The molecule has 0 saturated carbocycles. The summed E-state index contributed by atoms with van der Waals surface area (Å²) in [5.74, 6) is 0.860. The normalized spacial score (nSPS) is 18.1. The number of rotatable bonds is 7. The van der Waals surface area contributed by atoms with Crippen LogP contribution in [0.3, 0.4) is 0 Å². The lowest BCUT2D eigenvalue weighted by Gasteiger charge is -2.35. The number of nitrogens with zero attached hydrogens (tertiary/aromatic N) is 2. The minimum absolute atomic E-state index is 0.0625. The van der Waals surface area contributed by atoms with Crippen molar-refractivity contribution in [2.24, 2.45) is 0 Å². The number of hydrogen-bond acceptors (Lipinski definition) is 3. The number of nitrogens with one attached hydrogen (secondary N) is 1. The molecule has 0 aromatic heterocycles. The van der Waals surface area contributed by atoms with Gasteiger partial charge in [-0.3, -0.25) is 4.90 Å². The van der Waals surface area contributed by atoms with E-state index in [1.807, 2.05) is 23.1 Å². The monoisotopic (exact) mass is 371 g/mol. The lowest BCUT2D eigenvalue weighted by molar-refractivity contribution is 0.140. The van der Waals surface area contributed by atoms with Crippen LogP contribution < -0.4 is 10.1 Å². The molecule has 0 radical (unpaired) electrons. The summed E-state index contributed by atoms with van der Waals surface area (Å²) in [6.07, 6.45) is 9.72. The number of hydrogen-bond donors (Lipinski definition) is 1. The molecule has 3 rings (SSSR count). The Hall–Kier alpha value is -2.01. The van der Waals surface area contributed by atoms with Crippen LogP contribution in [0.25, 0.3) is 0 Å². The van der Waals surface area contributed by atoms with Gasteiger partial charge in [-0.1, -0.05) is 23.8 Å². The second kappa shape index (κ2) is 10.4. The molecule has 0 atom stereocenters. The van der Waals surface area contributed by atoms with Crippen LogP contribution in [-0.4, -0.2) is 62.2 Å². The lowest BCUT2D eigenvalue weighted by atomic mass is 9.97.